The number of nitrogens with zero attached hydrogens (tertiary/aromatic N) is 1. The molecule has 3 heteroatoms. The lowest BCUT2D eigenvalue weighted by molar-refractivity contribution is 0.0697. The lowest BCUT2D eigenvalue weighted by atomic mass is 10.1. The quantitative estimate of drug-likeness (QED) is 0.813. The fraction of sp³-hybridized carbons (Fsp3) is 0.357. The number of anilines is 1. The molecule has 1 aliphatic heterocycles. The molecule has 1 aliphatic rings. The molecule has 1 aromatic rings. The minimum atomic E-state index is -0.859. The molecule has 90 valence electrons. The van der Waals surface area contributed by atoms with Gasteiger partial charge < -0.3 is 10.0 Å². The Labute approximate surface area is 101 Å². The lowest BCUT2D eigenvalue weighted by Gasteiger charge is -2.17. The zero-order chi connectivity index (χ0) is 12.4. The summed E-state index contributed by atoms with van der Waals surface area (Å²) in [7, 11) is 0. The van der Waals surface area contributed by atoms with E-state index in [-0.39, 0.29) is 0 Å². The van der Waals surface area contributed by atoms with E-state index in [0.717, 1.165) is 25.2 Å². The molecule has 0 saturated carbocycles. The molecule has 1 heterocycles. The maximum Gasteiger partial charge on any atom is 0.335 e. The van der Waals surface area contributed by atoms with E-state index in [2.05, 4.69) is 24.8 Å². The van der Waals surface area contributed by atoms with E-state index in [4.69, 9.17) is 5.11 Å². The summed E-state index contributed by atoms with van der Waals surface area (Å²) in [6.07, 6.45) is 3.17. The third-order valence-corrected chi connectivity index (χ3v) is 3.04. The Hall–Kier alpha value is -1.77. The maximum absolute atomic E-state index is 10.9. The monoisotopic (exact) mass is 231 g/mol. The number of allylic oxidation sites excluding steroid dienone is 1. The number of rotatable bonds is 3. The van der Waals surface area contributed by atoms with E-state index >= 15 is 0 Å². The first-order valence-corrected chi connectivity index (χ1v) is 5.82. The Kier molecular flexibility index (Phi) is 3.18. The predicted molar refractivity (Wildman–Crippen MR) is 68.7 cm³/mol. The molecule has 0 radical (unpaired) electrons. The largest absolute Gasteiger partial charge is 0.478 e. The van der Waals surface area contributed by atoms with Crippen LogP contribution in [0.15, 0.2) is 29.8 Å². The second-order valence-electron chi connectivity index (χ2n) is 4.63. The molecular weight excluding hydrogens is 214 g/mol. The van der Waals surface area contributed by atoms with Crippen molar-refractivity contribution in [3.8, 4) is 0 Å². The summed E-state index contributed by atoms with van der Waals surface area (Å²) in [6.45, 7) is 5.98. The molecule has 0 unspecified atom stereocenters. The van der Waals surface area contributed by atoms with Crippen LogP contribution in [0.25, 0.3) is 0 Å². The van der Waals surface area contributed by atoms with E-state index in [1.54, 1.807) is 12.1 Å². The number of benzene rings is 1. The van der Waals surface area contributed by atoms with Gasteiger partial charge in [0.25, 0.3) is 0 Å². The predicted octanol–water partition coefficient (Wildman–Crippen LogP) is 2.71. The Morgan fingerprint density at radius 2 is 2.24 bits per heavy atom. The standard InChI is InChI=1S/C14H17NO2/c1-10(2)5-7-15-8-6-11-3-4-12(14(16)17)9-13(11)15/h3-5,9H,6-8H2,1-2H3,(H,16,17). The van der Waals surface area contributed by atoms with Crippen LogP contribution in [0.3, 0.4) is 0 Å². The van der Waals surface area contributed by atoms with Gasteiger partial charge in [-0.25, -0.2) is 4.79 Å². The highest BCUT2D eigenvalue weighted by Gasteiger charge is 2.19. The van der Waals surface area contributed by atoms with Crippen LogP contribution in [0, 0.1) is 0 Å². The zero-order valence-electron chi connectivity index (χ0n) is 10.2. The highest BCUT2D eigenvalue weighted by Crippen LogP contribution is 2.28. The van der Waals surface area contributed by atoms with Crippen LogP contribution >= 0.6 is 0 Å². The maximum atomic E-state index is 10.9. The molecule has 1 aromatic carbocycles. The fourth-order valence-electron chi connectivity index (χ4n) is 2.06. The molecule has 0 amide bonds. The second-order valence-corrected chi connectivity index (χ2v) is 4.63. The van der Waals surface area contributed by atoms with Crippen molar-refractivity contribution in [2.45, 2.75) is 20.3 Å². The van der Waals surface area contributed by atoms with Gasteiger partial charge in [0, 0.05) is 18.8 Å². The van der Waals surface area contributed by atoms with Gasteiger partial charge in [-0.2, -0.15) is 0 Å². The van der Waals surface area contributed by atoms with Gasteiger partial charge >= 0.3 is 5.97 Å². The molecule has 0 aromatic heterocycles. The van der Waals surface area contributed by atoms with Crippen LogP contribution in [0.2, 0.25) is 0 Å². The van der Waals surface area contributed by atoms with Crippen molar-refractivity contribution in [2.24, 2.45) is 0 Å². The van der Waals surface area contributed by atoms with Crippen molar-refractivity contribution in [3.63, 3.8) is 0 Å². The molecule has 17 heavy (non-hydrogen) atoms. The van der Waals surface area contributed by atoms with E-state index in [1.165, 1.54) is 11.1 Å². The molecule has 2 rings (SSSR count). The Bertz CT molecular complexity index is 473. The first-order valence-electron chi connectivity index (χ1n) is 5.82. The Morgan fingerprint density at radius 3 is 2.88 bits per heavy atom. The van der Waals surface area contributed by atoms with Crippen molar-refractivity contribution in [3.05, 3.63) is 41.0 Å². The third-order valence-electron chi connectivity index (χ3n) is 3.04. The Balaban J connectivity index is 2.26. The van der Waals surface area contributed by atoms with E-state index in [9.17, 15) is 4.79 Å². The number of hydrogen-bond acceptors (Lipinski definition) is 2. The number of carbonyl (C=O) groups is 1. The highest BCUT2D eigenvalue weighted by atomic mass is 16.4. The molecular formula is C14H17NO2. The summed E-state index contributed by atoms with van der Waals surface area (Å²) in [5, 5.41) is 8.99. The average molecular weight is 231 g/mol. The summed E-state index contributed by atoms with van der Waals surface area (Å²) in [6, 6.07) is 5.40. The average Bonchev–Trinajstić information content (AvgIpc) is 2.68. The molecule has 0 bridgehead atoms. The Morgan fingerprint density at radius 1 is 1.47 bits per heavy atom. The third kappa shape index (κ3) is 2.49. The minimum absolute atomic E-state index is 0.368. The number of fused-ring (bicyclic) bond motifs is 1. The van der Waals surface area contributed by atoms with Crippen molar-refractivity contribution in [2.75, 3.05) is 18.0 Å². The van der Waals surface area contributed by atoms with Gasteiger partial charge in [-0.15, -0.1) is 0 Å². The van der Waals surface area contributed by atoms with Crippen LogP contribution in [0.5, 0.6) is 0 Å². The number of carboxylic acid groups (broad SMARTS) is 1. The first kappa shape index (κ1) is 11.7. The number of hydrogen-bond donors (Lipinski definition) is 1. The van der Waals surface area contributed by atoms with E-state index in [0.29, 0.717) is 5.56 Å². The van der Waals surface area contributed by atoms with Crippen molar-refractivity contribution in [1.29, 1.82) is 0 Å². The fourth-order valence-corrected chi connectivity index (χ4v) is 2.06. The normalized spacial score (nSPS) is 13.4. The van der Waals surface area contributed by atoms with E-state index in [1.807, 2.05) is 6.07 Å². The lowest BCUT2D eigenvalue weighted by Crippen LogP contribution is -2.20. The van der Waals surface area contributed by atoms with Crippen LogP contribution in [0.1, 0.15) is 29.8 Å². The summed E-state index contributed by atoms with van der Waals surface area (Å²) in [4.78, 5) is 13.2. The van der Waals surface area contributed by atoms with Gasteiger partial charge in [0.1, 0.15) is 0 Å². The SMILES string of the molecule is CC(C)=CCN1CCc2ccc(C(=O)O)cc21. The summed E-state index contributed by atoms with van der Waals surface area (Å²) in [5.74, 6) is -0.859. The topological polar surface area (TPSA) is 40.5 Å². The molecule has 0 saturated heterocycles. The van der Waals surface area contributed by atoms with Crippen molar-refractivity contribution < 1.29 is 9.90 Å². The molecule has 0 fully saturated rings. The van der Waals surface area contributed by atoms with Gasteiger partial charge in [-0.1, -0.05) is 17.7 Å². The van der Waals surface area contributed by atoms with Gasteiger partial charge in [0.2, 0.25) is 0 Å². The van der Waals surface area contributed by atoms with E-state index < -0.39 is 5.97 Å². The van der Waals surface area contributed by atoms with Gasteiger partial charge in [-0.3, -0.25) is 0 Å². The summed E-state index contributed by atoms with van der Waals surface area (Å²) in [5.41, 5.74) is 3.97. The van der Waals surface area contributed by atoms with Gasteiger partial charge in [0.15, 0.2) is 0 Å². The molecule has 3 nitrogen and oxygen atoms in total. The van der Waals surface area contributed by atoms with Gasteiger partial charge in [-0.05, 0) is 38.0 Å². The molecule has 0 atom stereocenters. The van der Waals surface area contributed by atoms with Crippen molar-refractivity contribution in [1.82, 2.24) is 0 Å². The second kappa shape index (κ2) is 4.62. The van der Waals surface area contributed by atoms with Crippen LogP contribution in [-0.2, 0) is 6.42 Å². The molecule has 0 aliphatic carbocycles. The zero-order valence-corrected chi connectivity index (χ0v) is 10.2. The number of aromatic carboxylic acids is 1. The smallest absolute Gasteiger partial charge is 0.335 e. The minimum Gasteiger partial charge on any atom is -0.478 e. The van der Waals surface area contributed by atoms with Crippen molar-refractivity contribution >= 4 is 11.7 Å². The molecule has 1 N–H and O–H groups in total. The van der Waals surface area contributed by atoms with Crippen LogP contribution in [-0.4, -0.2) is 24.2 Å². The first-order chi connectivity index (χ1) is 8.08. The van der Waals surface area contributed by atoms with Gasteiger partial charge in [0.05, 0.1) is 5.56 Å². The van der Waals surface area contributed by atoms with Crippen LogP contribution in [0.4, 0.5) is 5.69 Å². The summed E-state index contributed by atoms with van der Waals surface area (Å²) >= 11 is 0. The van der Waals surface area contributed by atoms with Crippen LogP contribution < -0.4 is 4.90 Å². The highest BCUT2D eigenvalue weighted by molar-refractivity contribution is 5.89. The number of carboxylic acids is 1. The summed E-state index contributed by atoms with van der Waals surface area (Å²) < 4.78 is 0. The molecule has 0 spiro atoms.